The first kappa shape index (κ1) is 25.2. The van der Waals surface area contributed by atoms with E-state index in [4.69, 9.17) is 14.5 Å². The molecule has 0 amide bonds. The zero-order valence-corrected chi connectivity index (χ0v) is 20.8. The van der Waals surface area contributed by atoms with Crippen molar-refractivity contribution in [1.29, 1.82) is 0 Å². The van der Waals surface area contributed by atoms with Gasteiger partial charge in [-0.25, -0.2) is 9.98 Å². The summed E-state index contributed by atoms with van der Waals surface area (Å²) in [6, 6.07) is 12.1. The molecule has 2 aromatic rings. The molecule has 1 fully saturated rings. The molecule has 3 rings (SSSR count). The van der Waals surface area contributed by atoms with Gasteiger partial charge in [0.15, 0.2) is 5.96 Å². The average molecular weight is 539 g/mol. The van der Waals surface area contributed by atoms with E-state index in [2.05, 4.69) is 39.6 Å². The van der Waals surface area contributed by atoms with Crippen molar-refractivity contribution in [3.63, 3.8) is 0 Å². The summed E-state index contributed by atoms with van der Waals surface area (Å²) in [5, 5.41) is 6.64. The fourth-order valence-corrected chi connectivity index (χ4v) is 3.31. The van der Waals surface area contributed by atoms with Crippen LogP contribution in [0.4, 0.5) is 11.5 Å². The number of anilines is 2. The van der Waals surface area contributed by atoms with Gasteiger partial charge in [0.25, 0.3) is 0 Å². The number of ether oxygens (including phenoxy) is 2. The van der Waals surface area contributed by atoms with Crippen LogP contribution in [-0.4, -0.2) is 50.9 Å². The molecule has 7 nitrogen and oxygen atoms in total. The van der Waals surface area contributed by atoms with Crippen molar-refractivity contribution in [2.75, 3.05) is 50.2 Å². The van der Waals surface area contributed by atoms with Crippen molar-refractivity contribution in [2.45, 2.75) is 32.7 Å². The van der Waals surface area contributed by atoms with Crippen LogP contribution in [0.15, 0.2) is 47.6 Å². The summed E-state index contributed by atoms with van der Waals surface area (Å²) >= 11 is 0. The smallest absolute Gasteiger partial charge is 0.196 e. The summed E-state index contributed by atoms with van der Waals surface area (Å²) in [5.41, 5.74) is 2.02. The molecule has 8 heteroatoms. The first-order valence-electron chi connectivity index (χ1n) is 10.8. The van der Waals surface area contributed by atoms with Crippen molar-refractivity contribution >= 4 is 41.4 Å². The zero-order valence-electron chi connectivity index (χ0n) is 18.5. The summed E-state index contributed by atoms with van der Waals surface area (Å²) in [7, 11) is 1.70. The van der Waals surface area contributed by atoms with E-state index in [9.17, 15) is 0 Å². The highest BCUT2D eigenvalue weighted by atomic mass is 127. The van der Waals surface area contributed by atoms with Crippen LogP contribution in [0.3, 0.4) is 0 Å². The Morgan fingerprint density at radius 3 is 2.71 bits per heavy atom. The van der Waals surface area contributed by atoms with Crippen molar-refractivity contribution in [1.82, 2.24) is 10.3 Å². The topological polar surface area (TPSA) is 71.0 Å². The summed E-state index contributed by atoms with van der Waals surface area (Å²) in [6.45, 7) is 6.94. The van der Waals surface area contributed by atoms with Gasteiger partial charge in [-0.15, -0.1) is 24.0 Å². The van der Waals surface area contributed by atoms with Gasteiger partial charge in [-0.05, 0) is 43.5 Å². The SMILES string of the molecule is CCNC(=NCc1ccc(N2CCCC2)nc1)Nc1cccc(OCCCOC)c1.I. The lowest BCUT2D eigenvalue weighted by atomic mass is 10.3. The molecule has 1 aromatic heterocycles. The second-order valence-corrected chi connectivity index (χ2v) is 7.26. The maximum atomic E-state index is 5.78. The number of hydrogen-bond donors (Lipinski definition) is 2. The van der Waals surface area contributed by atoms with Gasteiger partial charge in [0.2, 0.25) is 0 Å². The lowest BCUT2D eigenvalue weighted by molar-refractivity contribution is 0.172. The second kappa shape index (κ2) is 14.1. The minimum absolute atomic E-state index is 0. The van der Waals surface area contributed by atoms with Crippen LogP contribution in [0.5, 0.6) is 5.75 Å². The number of nitrogens with one attached hydrogen (secondary N) is 2. The van der Waals surface area contributed by atoms with Gasteiger partial charge < -0.3 is 25.0 Å². The molecule has 170 valence electrons. The molecule has 2 heterocycles. The lowest BCUT2D eigenvalue weighted by Gasteiger charge is -2.16. The fourth-order valence-electron chi connectivity index (χ4n) is 3.31. The van der Waals surface area contributed by atoms with E-state index >= 15 is 0 Å². The van der Waals surface area contributed by atoms with E-state index in [1.165, 1.54) is 12.8 Å². The third-order valence-corrected chi connectivity index (χ3v) is 4.86. The van der Waals surface area contributed by atoms with E-state index < -0.39 is 0 Å². The Balaban J connectivity index is 0.00000341. The second-order valence-electron chi connectivity index (χ2n) is 7.26. The number of nitrogens with zero attached hydrogens (tertiary/aromatic N) is 3. The van der Waals surface area contributed by atoms with E-state index in [0.29, 0.717) is 19.8 Å². The molecule has 0 aliphatic carbocycles. The summed E-state index contributed by atoms with van der Waals surface area (Å²) in [5.74, 6) is 2.62. The normalized spacial score (nSPS) is 13.6. The van der Waals surface area contributed by atoms with Gasteiger partial charge in [0.05, 0.1) is 13.2 Å². The zero-order chi connectivity index (χ0) is 21.0. The maximum Gasteiger partial charge on any atom is 0.196 e. The average Bonchev–Trinajstić information content (AvgIpc) is 3.31. The first-order valence-corrected chi connectivity index (χ1v) is 10.8. The van der Waals surface area contributed by atoms with Gasteiger partial charge in [-0.1, -0.05) is 12.1 Å². The van der Waals surface area contributed by atoms with E-state index in [1.54, 1.807) is 7.11 Å². The molecule has 1 aliphatic heterocycles. The Kier molecular flexibility index (Phi) is 11.4. The number of hydrogen-bond acceptors (Lipinski definition) is 5. The van der Waals surface area contributed by atoms with Crippen LogP contribution < -0.4 is 20.3 Å². The van der Waals surface area contributed by atoms with E-state index in [1.807, 2.05) is 30.5 Å². The summed E-state index contributed by atoms with van der Waals surface area (Å²) < 4.78 is 10.8. The number of halogens is 1. The predicted molar refractivity (Wildman–Crippen MR) is 138 cm³/mol. The number of aliphatic imine (C=N–C) groups is 1. The molecule has 0 unspecified atom stereocenters. The predicted octanol–water partition coefficient (Wildman–Crippen LogP) is 4.29. The maximum absolute atomic E-state index is 5.78. The largest absolute Gasteiger partial charge is 0.493 e. The Morgan fingerprint density at radius 2 is 2.00 bits per heavy atom. The molecule has 0 atom stereocenters. The summed E-state index contributed by atoms with van der Waals surface area (Å²) in [6.07, 6.45) is 5.30. The quantitative estimate of drug-likeness (QED) is 0.203. The van der Waals surface area contributed by atoms with Crippen molar-refractivity contribution in [3.05, 3.63) is 48.2 Å². The van der Waals surface area contributed by atoms with Crippen LogP contribution in [0.1, 0.15) is 31.7 Å². The number of methoxy groups -OCH3 is 1. The van der Waals surface area contributed by atoms with Crippen LogP contribution in [0.25, 0.3) is 0 Å². The number of benzene rings is 1. The molecule has 1 aliphatic rings. The van der Waals surface area contributed by atoms with E-state index in [0.717, 1.165) is 54.8 Å². The molecule has 1 aromatic carbocycles. The van der Waals surface area contributed by atoms with Gasteiger partial charge in [0, 0.05) is 57.7 Å². The van der Waals surface area contributed by atoms with Crippen LogP contribution in [0.2, 0.25) is 0 Å². The Labute approximate surface area is 202 Å². The molecule has 0 saturated carbocycles. The van der Waals surface area contributed by atoms with Gasteiger partial charge in [0.1, 0.15) is 11.6 Å². The first-order chi connectivity index (χ1) is 14.8. The molecule has 0 bridgehead atoms. The highest BCUT2D eigenvalue weighted by Crippen LogP contribution is 2.19. The molecule has 0 radical (unpaired) electrons. The summed E-state index contributed by atoms with van der Waals surface area (Å²) in [4.78, 5) is 11.7. The number of rotatable bonds is 10. The fraction of sp³-hybridized carbons (Fsp3) is 0.478. The number of aromatic nitrogens is 1. The molecule has 31 heavy (non-hydrogen) atoms. The standard InChI is InChI=1S/C23H33N5O2.HI/c1-3-24-23(27-20-8-6-9-21(16-20)30-15-7-14-29-2)26-18-19-10-11-22(25-17-19)28-12-4-5-13-28;/h6,8-11,16-17H,3-5,7,12-15,18H2,1-2H3,(H2,24,26,27);1H. The number of pyridine rings is 1. The molecule has 2 N–H and O–H groups in total. The minimum Gasteiger partial charge on any atom is -0.493 e. The lowest BCUT2D eigenvalue weighted by Crippen LogP contribution is -2.30. The van der Waals surface area contributed by atoms with Crippen LogP contribution >= 0.6 is 24.0 Å². The Bertz CT molecular complexity index is 795. The number of guanidine groups is 1. The van der Waals surface area contributed by atoms with Gasteiger partial charge in [-0.2, -0.15) is 0 Å². The van der Waals surface area contributed by atoms with Crippen molar-refractivity contribution in [2.24, 2.45) is 4.99 Å². The van der Waals surface area contributed by atoms with Crippen LogP contribution in [-0.2, 0) is 11.3 Å². The van der Waals surface area contributed by atoms with E-state index in [-0.39, 0.29) is 24.0 Å². The molecule has 1 saturated heterocycles. The van der Waals surface area contributed by atoms with Crippen molar-refractivity contribution < 1.29 is 9.47 Å². The van der Waals surface area contributed by atoms with Gasteiger partial charge in [-0.3, -0.25) is 0 Å². The Morgan fingerprint density at radius 1 is 1.16 bits per heavy atom. The molecular formula is C23H34IN5O2. The minimum atomic E-state index is 0. The highest BCUT2D eigenvalue weighted by molar-refractivity contribution is 14.0. The Hall–Kier alpha value is -2.07. The third-order valence-electron chi connectivity index (χ3n) is 4.86. The van der Waals surface area contributed by atoms with Crippen molar-refractivity contribution in [3.8, 4) is 5.75 Å². The monoisotopic (exact) mass is 539 g/mol. The molecular weight excluding hydrogens is 505 g/mol. The third kappa shape index (κ3) is 8.53. The highest BCUT2D eigenvalue weighted by Gasteiger charge is 2.12. The van der Waals surface area contributed by atoms with Gasteiger partial charge >= 0.3 is 0 Å². The molecule has 0 spiro atoms. The van der Waals surface area contributed by atoms with Crippen LogP contribution in [0, 0.1) is 0 Å².